The number of hydrogen-bond donors (Lipinski definition) is 2. The van der Waals surface area contributed by atoms with Gasteiger partial charge in [0, 0.05) is 12.4 Å². The molecular weight excluding hydrogens is 246 g/mol. The lowest BCUT2D eigenvalue weighted by Crippen LogP contribution is -2.25. The van der Waals surface area contributed by atoms with Gasteiger partial charge in [0.2, 0.25) is 0 Å². The monoisotopic (exact) mass is 263 g/mol. The number of fused-ring (bicyclic) bond motifs is 1. The summed E-state index contributed by atoms with van der Waals surface area (Å²) in [5.74, 6) is -0.287. The van der Waals surface area contributed by atoms with Crippen molar-refractivity contribution in [3.05, 3.63) is 29.6 Å². The third-order valence-electron chi connectivity index (χ3n) is 2.90. The number of hydrogen-bond acceptors (Lipinski definition) is 4. The summed E-state index contributed by atoms with van der Waals surface area (Å²) in [5, 5.41) is 11.9. The molecule has 2 rings (SSSR count). The van der Waals surface area contributed by atoms with E-state index in [4.69, 9.17) is 4.84 Å². The normalized spacial score (nSPS) is 11.8. The zero-order valence-electron chi connectivity index (χ0n) is 11.4. The second kappa shape index (κ2) is 4.64. The lowest BCUT2D eigenvalue weighted by molar-refractivity contribution is -0.0759. The molecule has 0 saturated carbocycles. The van der Waals surface area contributed by atoms with Gasteiger partial charge in [-0.25, -0.2) is 10.0 Å². The average Bonchev–Trinajstić information content (AvgIpc) is 2.78. The summed E-state index contributed by atoms with van der Waals surface area (Å²) in [6.45, 7) is 3.32. The molecule has 2 N–H and O–H groups in total. The van der Waals surface area contributed by atoms with Crippen LogP contribution in [0.4, 0.5) is 0 Å². The highest BCUT2D eigenvalue weighted by Gasteiger charge is 2.20. The predicted molar refractivity (Wildman–Crippen MR) is 70.4 cm³/mol. The summed E-state index contributed by atoms with van der Waals surface area (Å²) in [7, 11) is 2.95. The fourth-order valence-corrected chi connectivity index (χ4v) is 1.71. The second-order valence-corrected chi connectivity index (χ2v) is 4.86. The van der Waals surface area contributed by atoms with Crippen molar-refractivity contribution in [2.24, 2.45) is 0 Å². The molecule has 0 radical (unpaired) electrons. The Morgan fingerprint density at radius 3 is 2.74 bits per heavy atom. The van der Waals surface area contributed by atoms with E-state index in [1.54, 1.807) is 26.0 Å². The number of hydroxylamine groups is 2. The van der Waals surface area contributed by atoms with Gasteiger partial charge >= 0.3 is 0 Å². The summed E-state index contributed by atoms with van der Waals surface area (Å²) in [4.78, 5) is 24.0. The molecular formula is C13H17N3O3. The van der Waals surface area contributed by atoms with Crippen molar-refractivity contribution in [3.8, 4) is 0 Å². The SMILES string of the molecule is CON(C)C(=O)c1cc2ccc(C(C)(C)O)nc2[nH]1. The van der Waals surface area contributed by atoms with E-state index in [0.29, 0.717) is 17.0 Å². The molecule has 1 amide bonds. The second-order valence-electron chi connectivity index (χ2n) is 4.86. The number of aromatic nitrogens is 2. The summed E-state index contributed by atoms with van der Waals surface area (Å²) >= 11 is 0. The van der Waals surface area contributed by atoms with Gasteiger partial charge in [0.05, 0.1) is 12.8 Å². The minimum absolute atomic E-state index is 0.287. The topological polar surface area (TPSA) is 78.4 Å². The molecule has 0 fully saturated rings. The summed E-state index contributed by atoms with van der Waals surface area (Å²) in [5.41, 5.74) is 0.473. The number of rotatable bonds is 3. The highest BCUT2D eigenvalue weighted by Crippen LogP contribution is 2.21. The van der Waals surface area contributed by atoms with Gasteiger partial charge in [-0.15, -0.1) is 0 Å². The van der Waals surface area contributed by atoms with Crippen LogP contribution in [0.1, 0.15) is 30.0 Å². The zero-order chi connectivity index (χ0) is 14.2. The van der Waals surface area contributed by atoms with E-state index >= 15 is 0 Å². The molecule has 0 unspecified atom stereocenters. The Balaban J connectivity index is 2.44. The van der Waals surface area contributed by atoms with Crippen LogP contribution < -0.4 is 0 Å². The highest BCUT2D eigenvalue weighted by atomic mass is 16.7. The minimum atomic E-state index is -1.02. The van der Waals surface area contributed by atoms with Crippen molar-refractivity contribution in [3.63, 3.8) is 0 Å². The quantitative estimate of drug-likeness (QED) is 0.821. The van der Waals surface area contributed by atoms with E-state index in [9.17, 15) is 9.90 Å². The molecule has 6 heteroatoms. The van der Waals surface area contributed by atoms with Crippen LogP contribution in [0.5, 0.6) is 0 Å². The van der Waals surface area contributed by atoms with Gasteiger partial charge in [-0.1, -0.05) is 0 Å². The number of pyridine rings is 1. The van der Waals surface area contributed by atoms with Gasteiger partial charge in [0.1, 0.15) is 16.9 Å². The first kappa shape index (κ1) is 13.5. The van der Waals surface area contributed by atoms with Gasteiger partial charge < -0.3 is 10.1 Å². The van der Waals surface area contributed by atoms with Gasteiger partial charge in [0.25, 0.3) is 5.91 Å². The Morgan fingerprint density at radius 2 is 2.16 bits per heavy atom. The number of aromatic amines is 1. The van der Waals surface area contributed by atoms with Crippen LogP contribution in [0.25, 0.3) is 11.0 Å². The molecule has 0 bridgehead atoms. The van der Waals surface area contributed by atoms with Crippen molar-refractivity contribution in [2.75, 3.05) is 14.2 Å². The molecule has 2 heterocycles. The molecule has 0 atom stereocenters. The first-order chi connectivity index (χ1) is 8.82. The van der Waals surface area contributed by atoms with Crippen LogP contribution in [-0.4, -0.2) is 40.2 Å². The van der Waals surface area contributed by atoms with Gasteiger partial charge in [-0.3, -0.25) is 9.63 Å². The molecule has 19 heavy (non-hydrogen) atoms. The van der Waals surface area contributed by atoms with E-state index < -0.39 is 5.60 Å². The van der Waals surface area contributed by atoms with Crippen LogP contribution in [0.3, 0.4) is 0 Å². The standard InChI is InChI=1S/C13H17N3O3/c1-13(2,18)10-6-5-8-7-9(14-11(8)15-10)12(17)16(3)19-4/h5-7,18H,1-4H3,(H,14,15). The number of H-pyrrole nitrogens is 1. The molecule has 102 valence electrons. The molecule has 0 aliphatic heterocycles. The Bertz CT molecular complexity index is 613. The van der Waals surface area contributed by atoms with Crippen molar-refractivity contribution < 1.29 is 14.7 Å². The number of aliphatic hydroxyl groups is 1. The van der Waals surface area contributed by atoms with Crippen LogP contribution in [0, 0.1) is 0 Å². The third-order valence-corrected chi connectivity index (χ3v) is 2.90. The maximum atomic E-state index is 11.9. The van der Waals surface area contributed by atoms with E-state index in [-0.39, 0.29) is 5.91 Å². The molecule has 0 saturated heterocycles. The largest absolute Gasteiger partial charge is 0.384 e. The Morgan fingerprint density at radius 1 is 1.47 bits per heavy atom. The molecule has 2 aromatic heterocycles. The number of carbonyl (C=O) groups is 1. The number of nitrogens with zero attached hydrogens (tertiary/aromatic N) is 2. The zero-order valence-corrected chi connectivity index (χ0v) is 11.4. The van der Waals surface area contributed by atoms with Gasteiger partial charge in [-0.05, 0) is 32.0 Å². The Kier molecular flexibility index (Phi) is 3.30. The van der Waals surface area contributed by atoms with Crippen molar-refractivity contribution >= 4 is 16.9 Å². The van der Waals surface area contributed by atoms with Crippen molar-refractivity contribution in [2.45, 2.75) is 19.4 Å². The van der Waals surface area contributed by atoms with E-state index in [0.717, 1.165) is 10.4 Å². The summed E-state index contributed by atoms with van der Waals surface area (Å²) in [6.07, 6.45) is 0. The molecule has 2 aromatic rings. The van der Waals surface area contributed by atoms with Crippen LogP contribution in [0.2, 0.25) is 0 Å². The van der Waals surface area contributed by atoms with Crippen LogP contribution in [0.15, 0.2) is 18.2 Å². The molecule has 6 nitrogen and oxygen atoms in total. The third kappa shape index (κ3) is 2.59. The minimum Gasteiger partial charge on any atom is -0.384 e. The molecule has 0 aromatic carbocycles. The van der Waals surface area contributed by atoms with E-state index in [1.165, 1.54) is 14.2 Å². The van der Waals surface area contributed by atoms with E-state index in [1.807, 2.05) is 6.07 Å². The lowest BCUT2D eigenvalue weighted by Gasteiger charge is -2.15. The fraction of sp³-hybridized carbons (Fsp3) is 0.385. The Labute approximate surface area is 111 Å². The highest BCUT2D eigenvalue weighted by molar-refractivity contribution is 5.96. The molecule has 0 aliphatic rings. The predicted octanol–water partition coefficient (Wildman–Crippen LogP) is 1.42. The first-order valence-electron chi connectivity index (χ1n) is 5.87. The van der Waals surface area contributed by atoms with E-state index in [2.05, 4.69) is 9.97 Å². The number of carbonyl (C=O) groups excluding carboxylic acids is 1. The van der Waals surface area contributed by atoms with Crippen molar-refractivity contribution in [1.29, 1.82) is 0 Å². The Hall–Kier alpha value is -1.92. The fourth-order valence-electron chi connectivity index (χ4n) is 1.71. The number of nitrogens with one attached hydrogen (secondary N) is 1. The van der Waals surface area contributed by atoms with Crippen LogP contribution in [-0.2, 0) is 10.4 Å². The maximum Gasteiger partial charge on any atom is 0.293 e. The van der Waals surface area contributed by atoms with Crippen LogP contribution >= 0.6 is 0 Å². The number of amides is 1. The van der Waals surface area contributed by atoms with Gasteiger partial charge in [0.15, 0.2) is 0 Å². The molecule has 0 spiro atoms. The lowest BCUT2D eigenvalue weighted by atomic mass is 10.0. The smallest absolute Gasteiger partial charge is 0.293 e. The maximum absolute atomic E-state index is 11.9. The summed E-state index contributed by atoms with van der Waals surface area (Å²) in [6, 6.07) is 5.26. The molecule has 0 aliphatic carbocycles. The summed E-state index contributed by atoms with van der Waals surface area (Å²) < 4.78 is 0. The van der Waals surface area contributed by atoms with Crippen molar-refractivity contribution in [1.82, 2.24) is 15.0 Å². The average molecular weight is 263 g/mol. The first-order valence-corrected chi connectivity index (χ1v) is 5.87. The van der Waals surface area contributed by atoms with Gasteiger partial charge in [-0.2, -0.15) is 0 Å².